The molecule has 5 heteroatoms. The highest BCUT2D eigenvalue weighted by molar-refractivity contribution is 7.37. The lowest BCUT2D eigenvalue weighted by Crippen LogP contribution is -1.82. The zero-order valence-corrected chi connectivity index (χ0v) is 10.2. The van der Waals surface area contributed by atoms with E-state index in [9.17, 15) is 0 Å². The van der Waals surface area contributed by atoms with Crippen molar-refractivity contribution in [2.24, 2.45) is 0 Å². The van der Waals surface area contributed by atoms with E-state index in [1.165, 1.54) is 14.4 Å². The predicted octanol–water partition coefficient (Wildman–Crippen LogP) is 4.09. The summed E-state index contributed by atoms with van der Waals surface area (Å²) in [5.41, 5.74) is 1.91. The van der Waals surface area contributed by atoms with Gasteiger partial charge in [-0.15, -0.1) is 22.7 Å². The Labute approximate surface area is 93.2 Å². The van der Waals surface area contributed by atoms with Crippen molar-refractivity contribution >= 4 is 53.1 Å². The minimum atomic E-state index is 0.530. The van der Waals surface area contributed by atoms with Crippen molar-refractivity contribution in [3.05, 3.63) is 10.5 Å². The quantitative estimate of drug-likeness (QED) is 0.640. The van der Waals surface area contributed by atoms with Crippen molar-refractivity contribution in [3.8, 4) is 0 Å². The summed E-state index contributed by atoms with van der Waals surface area (Å²) in [4.78, 5) is 11.2. The smallest absolute Gasteiger partial charge is 0.138 e. The summed E-state index contributed by atoms with van der Waals surface area (Å²) in [6.07, 6.45) is 0. The van der Waals surface area contributed by atoms with Crippen LogP contribution in [0.1, 0.15) is 24.8 Å². The van der Waals surface area contributed by atoms with Crippen LogP contribution in [-0.4, -0.2) is 9.97 Å². The van der Waals surface area contributed by atoms with Gasteiger partial charge >= 0.3 is 0 Å². The number of thiophene rings is 1. The van der Waals surface area contributed by atoms with Crippen molar-refractivity contribution in [2.45, 2.75) is 19.8 Å². The molecule has 3 heterocycles. The molecule has 0 bridgehead atoms. The highest BCUT2D eigenvalue weighted by Crippen LogP contribution is 2.40. The molecule has 72 valence electrons. The second-order valence-electron chi connectivity index (χ2n) is 3.43. The highest BCUT2D eigenvalue weighted by atomic mass is 32.1. The number of aromatic nitrogens is 2. The number of hydrogen-bond donors (Lipinski definition) is 0. The molecule has 0 aliphatic carbocycles. The molecule has 0 aromatic carbocycles. The van der Waals surface area contributed by atoms with Crippen LogP contribution in [0, 0.1) is 0 Å². The van der Waals surface area contributed by atoms with E-state index in [1.807, 2.05) is 16.8 Å². The van der Waals surface area contributed by atoms with Gasteiger partial charge in [0.25, 0.3) is 0 Å². The number of fused-ring (bicyclic) bond motifs is 3. The molecule has 0 saturated carbocycles. The third-order valence-corrected chi connectivity index (χ3v) is 5.64. The van der Waals surface area contributed by atoms with Gasteiger partial charge in [-0.3, -0.25) is 0 Å². The van der Waals surface area contributed by atoms with Crippen LogP contribution in [-0.2, 0) is 0 Å². The lowest BCUT2D eigenvalue weighted by atomic mass is 10.2. The molecule has 0 aliphatic rings. The van der Waals surface area contributed by atoms with Gasteiger partial charge in [-0.2, -0.15) is 0 Å². The van der Waals surface area contributed by atoms with Gasteiger partial charge in [-0.25, -0.2) is 9.97 Å². The summed E-state index contributed by atoms with van der Waals surface area (Å²) >= 11 is 5.24. The zero-order chi connectivity index (χ0) is 9.71. The Kier molecular flexibility index (Phi) is 1.87. The molecule has 0 fully saturated rings. The first-order valence-corrected chi connectivity index (χ1v) is 6.89. The molecule has 0 spiro atoms. The molecule has 0 atom stereocenters. The van der Waals surface area contributed by atoms with Crippen LogP contribution in [0.15, 0.2) is 5.51 Å². The maximum Gasteiger partial charge on any atom is 0.138 e. The van der Waals surface area contributed by atoms with E-state index in [4.69, 9.17) is 0 Å². The number of rotatable bonds is 1. The van der Waals surface area contributed by atoms with Crippen molar-refractivity contribution < 1.29 is 0 Å². The normalized spacial score (nSPS) is 12.2. The molecule has 3 aromatic rings. The van der Waals surface area contributed by atoms with Crippen LogP contribution in [0.2, 0.25) is 0 Å². The summed E-state index contributed by atoms with van der Waals surface area (Å²) in [6, 6.07) is 0. The van der Waals surface area contributed by atoms with Crippen LogP contribution in [0.4, 0.5) is 0 Å². The summed E-state index contributed by atoms with van der Waals surface area (Å²) in [5, 5.41) is 1.24. The predicted molar refractivity (Wildman–Crippen MR) is 64.8 cm³/mol. The number of nitrogens with zero attached hydrogens (tertiary/aromatic N) is 2. The van der Waals surface area contributed by atoms with Crippen LogP contribution < -0.4 is 0 Å². The first-order chi connectivity index (χ1) is 6.75. The first-order valence-electron chi connectivity index (χ1n) is 4.38. The van der Waals surface area contributed by atoms with Gasteiger partial charge < -0.3 is 0 Å². The topological polar surface area (TPSA) is 25.8 Å². The third-order valence-electron chi connectivity index (χ3n) is 2.04. The lowest BCUT2D eigenvalue weighted by molar-refractivity contribution is 0.857. The second kappa shape index (κ2) is 2.98. The molecule has 0 N–H and O–H groups in total. The Morgan fingerprint density at radius 2 is 2.00 bits per heavy atom. The fourth-order valence-electron chi connectivity index (χ4n) is 1.33. The van der Waals surface area contributed by atoms with Crippen molar-refractivity contribution in [2.75, 3.05) is 0 Å². The molecular weight excluding hydrogens is 232 g/mol. The van der Waals surface area contributed by atoms with Crippen molar-refractivity contribution in [3.63, 3.8) is 0 Å². The fourth-order valence-corrected chi connectivity index (χ4v) is 4.72. The molecule has 3 rings (SSSR count). The second-order valence-corrected chi connectivity index (χ2v) is 6.29. The van der Waals surface area contributed by atoms with E-state index < -0.39 is 0 Å². The first kappa shape index (κ1) is 8.76. The van der Waals surface area contributed by atoms with E-state index in [1.54, 1.807) is 22.7 Å². The van der Waals surface area contributed by atoms with Gasteiger partial charge in [-0.05, 0) is 0 Å². The standard InChI is InChI=1S/C9H8N2S3/c1-4(2)7-11-9-6(13-7)5-8(14-9)10-3-12-5/h3-4H,1-2H3. The van der Waals surface area contributed by atoms with E-state index in [-0.39, 0.29) is 0 Å². The maximum atomic E-state index is 4.63. The summed E-state index contributed by atoms with van der Waals surface area (Å²) < 4.78 is 2.64. The van der Waals surface area contributed by atoms with Gasteiger partial charge in [0.05, 0.1) is 19.9 Å². The third kappa shape index (κ3) is 1.12. The number of hydrogen-bond acceptors (Lipinski definition) is 5. The van der Waals surface area contributed by atoms with E-state index in [2.05, 4.69) is 23.8 Å². The molecule has 2 nitrogen and oxygen atoms in total. The Morgan fingerprint density at radius 3 is 2.79 bits per heavy atom. The SMILES string of the molecule is CC(C)c1nc2sc3ncsc3c2s1. The Morgan fingerprint density at radius 1 is 1.14 bits per heavy atom. The Bertz CT molecular complexity index is 587. The van der Waals surface area contributed by atoms with E-state index >= 15 is 0 Å². The minimum absolute atomic E-state index is 0.530. The van der Waals surface area contributed by atoms with E-state index in [0.29, 0.717) is 5.92 Å². The lowest BCUT2D eigenvalue weighted by Gasteiger charge is -1.94. The van der Waals surface area contributed by atoms with Gasteiger partial charge in [0.2, 0.25) is 0 Å². The van der Waals surface area contributed by atoms with Gasteiger partial charge in [-0.1, -0.05) is 25.2 Å². The molecule has 0 unspecified atom stereocenters. The van der Waals surface area contributed by atoms with Crippen LogP contribution in [0.5, 0.6) is 0 Å². The van der Waals surface area contributed by atoms with Gasteiger partial charge in [0.15, 0.2) is 0 Å². The van der Waals surface area contributed by atoms with Crippen LogP contribution >= 0.6 is 34.0 Å². The van der Waals surface area contributed by atoms with Gasteiger partial charge in [0.1, 0.15) is 9.66 Å². The average molecular weight is 240 g/mol. The minimum Gasteiger partial charge on any atom is -0.234 e. The molecule has 0 radical (unpaired) electrons. The summed E-state index contributed by atoms with van der Waals surface area (Å²) in [7, 11) is 0. The monoisotopic (exact) mass is 240 g/mol. The van der Waals surface area contributed by atoms with Crippen molar-refractivity contribution in [1.82, 2.24) is 9.97 Å². The Balaban J connectivity index is 2.37. The van der Waals surface area contributed by atoms with Crippen molar-refractivity contribution in [1.29, 1.82) is 0 Å². The fraction of sp³-hybridized carbons (Fsp3) is 0.333. The van der Waals surface area contributed by atoms with E-state index in [0.717, 1.165) is 9.66 Å². The molecule has 0 amide bonds. The highest BCUT2D eigenvalue weighted by Gasteiger charge is 2.14. The average Bonchev–Trinajstić information content (AvgIpc) is 2.70. The van der Waals surface area contributed by atoms with Gasteiger partial charge in [0, 0.05) is 5.92 Å². The largest absolute Gasteiger partial charge is 0.234 e. The van der Waals surface area contributed by atoms with Crippen LogP contribution in [0.25, 0.3) is 19.1 Å². The molecule has 0 saturated heterocycles. The molecular formula is C9H8N2S3. The molecule has 0 aliphatic heterocycles. The summed E-state index contributed by atoms with van der Waals surface area (Å²) in [6.45, 7) is 4.37. The molecule has 14 heavy (non-hydrogen) atoms. The zero-order valence-electron chi connectivity index (χ0n) is 7.77. The van der Waals surface area contributed by atoms with Crippen LogP contribution in [0.3, 0.4) is 0 Å². The Hall–Kier alpha value is -0.520. The maximum absolute atomic E-state index is 4.63. The number of thiazole rings is 2. The molecule has 3 aromatic heterocycles. The summed E-state index contributed by atoms with van der Waals surface area (Å²) in [5.74, 6) is 0.530.